The minimum Gasteiger partial charge on any atom is -0.320 e. The molecule has 0 aromatic rings. The van der Waals surface area contributed by atoms with E-state index in [2.05, 4.69) is 31.4 Å². The molecule has 0 aliphatic rings. The topological polar surface area (TPSA) is 24.1 Å². The first kappa shape index (κ1) is 14.9. The Morgan fingerprint density at radius 2 is 1.33 bits per heavy atom. The lowest BCUT2D eigenvalue weighted by Gasteiger charge is -2.18. The second kappa shape index (κ2) is 9.17. The monoisotopic (exact) mass is 214 g/mol. The van der Waals surface area contributed by atoms with Crippen LogP contribution in [0.3, 0.4) is 0 Å². The van der Waals surface area contributed by atoms with E-state index in [0.717, 1.165) is 6.54 Å². The highest BCUT2D eigenvalue weighted by Crippen LogP contribution is 2.10. The van der Waals surface area contributed by atoms with Gasteiger partial charge in [-0.1, -0.05) is 40.0 Å². The Bertz CT molecular complexity index is 127. The molecule has 0 radical (unpaired) electrons. The predicted octanol–water partition coefficient (Wildman–Crippen LogP) is 2.79. The minimum absolute atomic E-state index is 0.423. The van der Waals surface area contributed by atoms with Crippen LogP contribution in [-0.4, -0.2) is 26.7 Å². The normalized spacial score (nSPS) is 12.0. The summed E-state index contributed by atoms with van der Waals surface area (Å²) in [4.78, 5) is 0. The van der Waals surface area contributed by atoms with Gasteiger partial charge in [-0.25, -0.2) is 0 Å². The molecule has 2 N–H and O–H groups in total. The Labute approximate surface area is 96.2 Å². The molecule has 0 aliphatic heterocycles. The molecule has 0 amide bonds. The van der Waals surface area contributed by atoms with Crippen LogP contribution in [0.4, 0.5) is 0 Å². The Kier molecular flexibility index (Phi) is 9.12. The molecular weight excluding hydrogens is 184 g/mol. The molecule has 0 saturated heterocycles. The first-order chi connectivity index (χ1) is 7.06. The fourth-order valence-corrected chi connectivity index (χ4v) is 1.55. The molecular formula is C13H30N2. The second-order valence-electron chi connectivity index (χ2n) is 5.61. The van der Waals surface area contributed by atoms with Gasteiger partial charge in [0.15, 0.2) is 0 Å². The van der Waals surface area contributed by atoms with Crippen molar-refractivity contribution in [3.8, 4) is 0 Å². The predicted molar refractivity (Wildman–Crippen MR) is 69.3 cm³/mol. The molecule has 2 nitrogen and oxygen atoms in total. The molecule has 0 aliphatic carbocycles. The molecule has 2 heteroatoms. The smallest absolute Gasteiger partial charge is 0.0000126 e. The van der Waals surface area contributed by atoms with Crippen LogP contribution in [0.25, 0.3) is 0 Å². The van der Waals surface area contributed by atoms with Crippen molar-refractivity contribution in [2.45, 2.75) is 52.9 Å². The molecule has 0 bridgehead atoms. The fraction of sp³-hybridized carbons (Fsp3) is 1.00. The van der Waals surface area contributed by atoms with E-state index in [1.165, 1.54) is 45.2 Å². The number of nitrogens with one attached hydrogen (secondary N) is 2. The van der Waals surface area contributed by atoms with Crippen molar-refractivity contribution in [1.29, 1.82) is 0 Å². The summed E-state index contributed by atoms with van der Waals surface area (Å²) in [5, 5.41) is 6.70. The summed E-state index contributed by atoms with van der Waals surface area (Å²) in [6, 6.07) is 0. The summed E-state index contributed by atoms with van der Waals surface area (Å²) in [6.07, 6.45) is 6.79. The van der Waals surface area contributed by atoms with Crippen LogP contribution in [-0.2, 0) is 0 Å². The molecule has 0 atom stereocenters. The lowest BCUT2D eigenvalue weighted by atomic mass is 9.97. The van der Waals surface area contributed by atoms with Crippen LogP contribution in [0.2, 0.25) is 0 Å². The maximum Gasteiger partial charge on any atom is -0.0000126 e. The van der Waals surface area contributed by atoms with Gasteiger partial charge in [-0.2, -0.15) is 0 Å². The zero-order valence-electron chi connectivity index (χ0n) is 11.2. The molecule has 0 saturated carbocycles. The molecule has 0 rings (SSSR count). The van der Waals surface area contributed by atoms with Crippen LogP contribution >= 0.6 is 0 Å². The third-order valence-corrected chi connectivity index (χ3v) is 2.44. The van der Waals surface area contributed by atoms with Gasteiger partial charge in [-0.3, -0.25) is 0 Å². The summed E-state index contributed by atoms with van der Waals surface area (Å²) in [5.41, 5.74) is 0.423. The maximum absolute atomic E-state index is 3.52. The average Bonchev–Trinajstić information content (AvgIpc) is 2.14. The van der Waals surface area contributed by atoms with E-state index >= 15 is 0 Å². The highest BCUT2D eigenvalue weighted by Gasteiger charge is 2.07. The largest absolute Gasteiger partial charge is 0.320 e. The summed E-state index contributed by atoms with van der Waals surface area (Å²) >= 11 is 0. The summed E-state index contributed by atoms with van der Waals surface area (Å²) in [7, 11) is 2.02. The Hall–Kier alpha value is -0.0800. The van der Waals surface area contributed by atoms with Crippen molar-refractivity contribution in [3.63, 3.8) is 0 Å². The number of rotatable bonds is 9. The van der Waals surface area contributed by atoms with Crippen molar-refractivity contribution in [3.05, 3.63) is 0 Å². The van der Waals surface area contributed by atoms with Gasteiger partial charge < -0.3 is 10.6 Å². The molecule has 0 unspecified atom stereocenters. The van der Waals surface area contributed by atoms with E-state index in [1.807, 2.05) is 7.05 Å². The lowest BCUT2D eigenvalue weighted by Crippen LogP contribution is -2.27. The number of hydrogen-bond donors (Lipinski definition) is 2. The van der Waals surface area contributed by atoms with Gasteiger partial charge in [-0.05, 0) is 44.9 Å². The van der Waals surface area contributed by atoms with Crippen molar-refractivity contribution in [1.82, 2.24) is 10.6 Å². The van der Waals surface area contributed by atoms with Crippen molar-refractivity contribution < 1.29 is 0 Å². The lowest BCUT2D eigenvalue weighted by molar-refractivity contribution is 0.377. The van der Waals surface area contributed by atoms with Gasteiger partial charge in [0.05, 0.1) is 0 Å². The molecule has 0 heterocycles. The number of unbranched alkanes of at least 4 members (excludes halogenated alkanes) is 4. The fourth-order valence-electron chi connectivity index (χ4n) is 1.55. The molecule has 15 heavy (non-hydrogen) atoms. The van der Waals surface area contributed by atoms with Crippen molar-refractivity contribution in [2.75, 3.05) is 26.7 Å². The molecule has 92 valence electrons. The quantitative estimate of drug-likeness (QED) is 0.577. The Balaban J connectivity index is 2.99. The Morgan fingerprint density at radius 1 is 0.800 bits per heavy atom. The van der Waals surface area contributed by atoms with Gasteiger partial charge >= 0.3 is 0 Å². The van der Waals surface area contributed by atoms with Crippen LogP contribution in [0.15, 0.2) is 0 Å². The Morgan fingerprint density at radius 3 is 1.87 bits per heavy atom. The van der Waals surface area contributed by atoms with E-state index in [4.69, 9.17) is 0 Å². The van der Waals surface area contributed by atoms with Crippen LogP contribution in [0, 0.1) is 5.41 Å². The first-order valence-electron chi connectivity index (χ1n) is 6.41. The first-order valence-corrected chi connectivity index (χ1v) is 6.41. The number of hydrogen-bond acceptors (Lipinski definition) is 2. The minimum atomic E-state index is 0.423. The van der Waals surface area contributed by atoms with Crippen molar-refractivity contribution >= 4 is 0 Å². The molecule has 0 aromatic carbocycles. The van der Waals surface area contributed by atoms with E-state index in [-0.39, 0.29) is 0 Å². The van der Waals surface area contributed by atoms with Gasteiger partial charge in [0.1, 0.15) is 0 Å². The van der Waals surface area contributed by atoms with E-state index in [9.17, 15) is 0 Å². The van der Waals surface area contributed by atoms with Gasteiger partial charge in [0.2, 0.25) is 0 Å². The molecule has 0 spiro atoms. The third-order valence-electron chi connectivity index (χ3n) is 2.44. The van der Waals surface area contributed by atoms with E-state index in [0.29, 0.717) is 5.41 Å². The summed E-state index contributed by atoms with van der Waals surface area (Å²) in [6.45, 7) is 10.3. The van der Waals surface area contributed by atoms with Crippen molar-refractivity contribution in [2.24, 2.45) is 5.41 Å². The standard InChI is InChI=1S/C13H30N2/c1-13(2,3)12-15-11-9-7-5-6-8-10-14-4/h14-15H,5-12H2,1-4H3. The van der Waals surface area contributed by atoms with E-state index in [1.54, 1.807) is 0 Å². The highest BCUT2D eigenvalue weighted by molar-refractivity contribution is 4.64. The SMILES string of the molecule is CNCCCCCCCNCC(C)(C)C. The second-order valence-corrected chi connectivity index (χ2v) is 5.61. The summed E-state index contributed by atoms with van der Waals surface area (Å²) in [5.74, 6) is 0. The molecule has 0 fully saturated rings. The van der Waals surface area contributed by atoms with Crippen LogP contribution in [0.1, 0.15) is 52.9 Å². The van der Waals surface area contributed by atoms with Crippen LogP contribution < -0.4 is 10.6 Å². The zero-order valence-corrected chi connectivity index (χ0v) is 11.2. The molecule has 0 aromatic heterocycles. The van der Waals surface area contributed by atoms with Gasteiger partial charge in [0, 0.05) is 0 Å². The third kappa shape index (κ3) is 13.9. The summed E-state index contributed by atoms with van der Waals surface area (Å²) < 4.78 is 0. The highest BCUT2D eigenvalue weighted by atomic mass is 14.9. The van der Waals surface area contributed by atoms with E-state index < -0.39 is 0 Å². The van der Waals surface area contributed by atoms with Crippen LogP contribution in [0.5, 0.6) is 0 Å². The van der Waals surface area contributed by atoms with Gasteiger partial charge in [-0.15, -0.1) is 0 Å². The zero-order chi connectivity index (χ0) is 11.6. The van der Waals surface area contributed by atoms with Gasteiger partial charge in [0.25, 0.3) is 0 Å². The maximum atomic E-state index is 3.52. The average molecular weight is 214 g/mol.